The van der Waals surface area contributed by atoms with Crippen LogP contribution in [0.5, 0.6) is 0 Å². The van der Waals surface area contributed by atoms with Gasteiger partial charge in [-0.3, -0.25) is 4.57 Å². The van der Waals surface area contributed by atoms with Crippen LogP contribution in [0.1, 0.15) is 6.92 Å². The molecular formula is C9H20N3O3P. The molecule has 0 aromatic carbocycles. The van der Waals surface area contributed by atoms with E-state index in [9.17, 15) is 9.46 Å². The van der Waals surface area contributed by atoms with Crippen molar-refractivity contribution >= 4 is 13.9 Å². The van der Waals surface area contributed by atoms with Crippen molar-refractivity contribution in [1.82, 2.24) is 9.80 Å². The number of aliphatic imine (C=N–C) groups is 1. The van der Waals surface area contributed by atoms with Crippen molar-refractivity contribution < 1.29 is 14.0 Å². The summed E-state index contributed by atoms with van der Waals surface area (Å²) in [5.74, 6) is 0. The molecule has 0 fully saturated rings. The topological polar surface area (TPSA) is 65.4 Å². The van der Waals surface area contributed by atoms with Crippen LogP contribution in [0.25, 0.3) is 0 Å². The van der Waals surface area contributed by atoms with E-state index < -0.39 is 7.60 Å². The SMILES string of the molecule is CCOP(=O)(O)C(=C/N(C)C)/N=C/N(C)C. The predicted molar refractivity (Wildman–Crippen MR) is 65.4 cm³/mol. The van der Waals surface area contributed by atoms with E-state index in [4.69, 9.17) is 4.52 Å². The summed E-state index contributed by atoms with van der Waals surface area (Å²) < 4.78 is 16.6. The summed E-state index contributed by atoms with van der Waals surface area (Å²) in [6, 6.07) is 0. The van der Waals surface area contributed by atoms with E-state index in [0.29, 0.717) is 0 Å². The van der Waals surface area contributed by atoms with Gasteiger partial charge < -0.3 is 19.2 Å². The van der Waals surface area contributed by atoms with Crippen LogP contribution in [-0.2, 0) is 9.09 Å². The molecule has 6 nitrogen and oxygen atoms in total. The largest absolute Gasteiger partial charge is 0.381 e. The lowest BCUT2D eigenvalue weighted by molar-refractivity contribution is 0.279. The lowest BCUT2D eigenvalue weighted by atomic mass is 10.8. The van der Waals surface area contributed by atoms with E-state index in [1.54, 1.807) is 44.9 Å². The molecule has 1 atom stereocenters. The van der Waals surface area contributed by atoms with Gasteiger partial charge in [0.1, 0.15) is 0 Å². The second-order valence-electron chi connectivity index (χ2n) is 3.60. The van der Waals surface area contributed by atoms with Gasteiger partial charge >= 0.3 is 7.60 Å². The molecule has 94 valence electrons. The van der Waals surface area contributed by atoms with Crippen LogP contribution >= 0.6 is 7.60 Å². The molecule has 0 aliphatic heterocycles. The third kappa shape index (κ3) is 5.90. The quantitative estimate of drug-likeness (QED) is 0.434. The van der Waals surface area contributed by atoms with Crippen molar-refractivity contribution in [3.05, 3.63) is 11.6 Å². The third-order valence-corrected chi connectivity index (χ3v) is 2.81. The number of hydrogen-bond donors (Lipinski definition) is 1. The second kappa shape index (κ2) is 6.68. The Labute approximate surface area is 96.8 Å². The van der Waals surface area contributed by atoms with Crippen LogP contribution in [0.3, 0.4) is 0 Å². The molecule has 0 saturated heterocycles. The number of hydrogen-bond acceptors (Lipinski definition) is 4. The summed E-state index contributed by atoms with van der Waals surface area (Å²) in [6.45, 7) is 1.82. The maximum absolute atomic E-state index is 11.8. The Balaban J connectivity index is 5.03. The summed E-state index contributed by atoms with van der Waals surface area (Å²) in [4.78, 5) is 16.9. The molecule has 0 radical (unpaired) electrons. The lowest BCUT2D eigenvalue weighted by Crippen LogP contribution is -2.09. The molecule has 0 bridgehead atoms. The maximum Gasteiger partial charge on any atom is 0.378 e. The second-order valence-corrected chi connectivity index (χ2v) is 5.35. The molecule has 0 heterocycles. The minimum absolute atomic E-state index is 0.0213. The van der Waals surface area contributed by atoms with Crippen molar-refractivity contribution in [2.45, 2.75) is 6.92 Å². The summed E-state index contributed by atoms with van der Waals surface area (Å²) in [5.41, 5.74) is 0.0213. The molecule has 0 amide bonds. The minimum Gasteiger partial charge on any atom is -0.381 e. The average molecular weight is 249 g/mol. The van der Waals surface area contributed by atoms with Gasteiger partial charge in [0.25, 0.3) is 0 Å². The van der Waals surface area contributed by atoms with Gasteiger partial charge in [-0.25, -0.2) is 4.99 Å². The Morgan fingerprint density at radius 2 is 1.94 bits per heavy atom. The molecule has 0 aromatic rings. The van der Waals surface area contributed by atoms with E-state index in [1.165, 1.54) is 12.5 Å². The van der Waals surface area contributed by atoms with Crippen molar-refractivity contribution in [2.24, 2.45) is 4.99 Å². The first-order chi connectivity index (χ1) is 7.29. The van der Waals surface area contributed by atoms with Crippen LogP contribution in [0, 0.1) is 0 Å². The van der Waals surface area contributed by atoms with Crippen LogP contribution in [0.2, 0.25) is 0 Å². The monoisotopic (exact) mass is 249 g/mol. The van der Waals surface area contributed by atoms with Crippen LogP contribution < -0.4 is 0 Å². The Bertz CT molecular complexity index is 313. The molecule has 0 aliphatic rings. The normalized spacial score (nSPS) is 16.2. The molecule has 16 heavy (non-hydrogen) atoms. The molecule has 1 unspecified atom stereocenters. The lowest BCUT2D eigenvalue weighted by Gasteiger charge is -2.14. The number of rotatable bonds is 6. The molecule has 7 heteroatoms. The van der Waals surface area contributed by atoms with E-state index in [2.05, 4.69) is 4.99 Å². The fourth-order valence-electron chi connectivity index (χ4n) is 0.826. The van der Waals surface area contributed by atoms with Gasteiger partial charge in [-0.1, -0.05) is 0 Å². The van der Waals surface area contributed by atoms with Crippen molar-refractivity contribution in [3.8, 4) is 0 Å². The Morgan fingerprint density at radius 3 is 2.31 bits per heavy atom. The standard InChI is InChI=1S/C9H20N3O3P/c1-6-15-16(13,14)9(7-11(2)3)10-8-12(4)5/h7-8H,6H2,1-5H3,(H,13,14)/b9-7+,10-8+. The zero-order chi connectivity index (χ0) is 12.8. The Hall–Kier alpha value is -0.840. The molecule has 1 N–H and O–H groups in total. The Kier molecular flexibility index (Phi) is 6.33. The summed E-state index contributed by atoms with van der Waals surface area (Å²) in [7, 11) is 3.23. The molecule has 0 aromatic heterocycles. The van der Waals surface area contributed by atoms with Gasteiger partial charge in [0.2, 0.25) is 0 Å². The zero-order valence-electron chi connectivity index (χ0n) is 10.4. The fourth-order valence-corrected chi connectivity index (χ4v) is 1.88. The predicted octanol–water partition coefficient (Wildman–Crippen LogP) is 1.16. The molecule has 0 rings (SSSR count). The average Bonchev–Trinajstić information content (AvgIpc) is 2.11. The molecule has 0 aliphatic carbocycles. The highest BCUT2D eigenvalue weighted by Gasteiger charge is 2.25. The highest BCUT2D eigenvalue weighted by Crippen LogP contribution is 2.51. The summed E-state index contributed by atoms with van der Waals surface area (Å²) >= 11 is 0. The maximum atomic E-state index is 11.8. The first-order valence-corrected chi connectivity index (χ1v) is 6.44. The molecule has 0 saturated carbocycles. The van der Waals surface area contributed by atoms with E-state index in [1.807, 2.05) is 0 Å². The van der Waals surface area contributed by atoms with Gasteiger partial charge in [0, 0.05) is 34.4 Å². The van der Waals surface area contributed by atoms with E-state index >= 15 is 0 Å². The third-order valence-electron chi connectivity index (χ3n) is 1.39. The Morgan fingerprint density at radius 1 is 1.38 bits per heavy atom. The van der Waals surface area contributed by atoms with E-state index in [0.717, 1.165) is 0 Å². The van der Waals surface area contributed by atoms with Crippen LogP contribution in [-0.4, -0.2) is 55.8 Å². The van der Waals surface area contributed by atoms with Gasteiger partial charge in [-0.15, -0.1) is 0 Å². The van der Waals surface area contributed by atoms with Crippen molar-refractivity contribution in [1.29, 1.82) is 0 Å². The van der Waals surface area contributed by atoms with Crippen molar-refractivity contribution in [2.75, 3.05) is 34.8 Å². The number of nitrogens with zero attached hydrogens (tertiary/aromatic N) is 3. The van der Waals surface area contributed by atoms with Gasteiger partial charge in [-0.05, 0) is 6.92 Å². The first-order valence-electron chi connectivity index (χ1n) is 4.86. The minimum atomic E-state index is -3.82. The highest BCUT2D eigenvalue weighted by molar-refractivity contribution is 7.57. The van der Waals surface area contributed by atoms with Crippen molar-refractivity contribution in [3.63, 3.8) is 0 Å². The van der Waals surface area contributed by atoms with Crippen LogP contribution in [0.15, 0.2) is 16.6 Å². The van der Waals surface area contributed by atoms with E-state index in [-0.39, 0.29) is 12.0 Å². The summed E-state index contributed by atoms with van der Waals surface area (Å²) in [5, 5.41) is 0. The summed E-state index contributed by atoms with van der Waals surface area (Å²) in [6.07, 6.45) is 2.92. The van der Waals surface area contributed by atoms with Gasteiger partial charge in [0.05, 0.1) is 12.9 Å². The van der Waals surface area contributed by atoms with Gasteiger partial charge in [-0.2, -0.15) is 0 Å². The highest BCUT2D eigenvalue weighted by atomic mass is 31.2. The first kappa shape index (κ1) is 15.2. The van der Waals surface area contributed by atoms with Gasteiger partial charge in [0.15, 0.2) is 5.44 Å². The zero-order valence-corrected chi connectivity index (χ0v) is 11.3. The molecule has 0 spiro atoms. The van der Waals surface area contributed by atoms with Crippen LogP contribution in [0.4, 0.5) is 0 Å². The molecular weight excluding hydrogens is 229 g/mol. The smallest absolute Gasteiger partial charge is 0.378 e. The fraction of sp³-hybridized carbons (Fsp3) is 0.667.